The molecule has 0 saturated heterocycles. The lowest BCUT2D eigenvalue weighted by Crippen LogP contribution is -2.29. The Labute approximate surface area is 162 Å². The molecule has 3 aromatic rings. The molecular weight excluding hydrogens is 362 g/mol. The first kappa shape index (κ1) is 18.7. The van der Waals surface area contributed by atoms with Crippen LogP contribution in [0.2, 0.25) is 0 Å². The fourth-order valence-corrected chi connectivity index (χ4v) is 4.39. The van der Waals surface area contributed by atoms with Crippen molar-refractivity contribution in [2.45, 2.75) is 26.1 Å². The summed E-state index contributed by atoms with van der Waals surface area (Å²) >= 11 is 3.33. The number of rotatable bonds is 8. The van der Waals surface area contributed by atoms with Gasteiger partial charge in [0, 0.05) is 23.6 Å². The summed E-state index contributed by atoms with van der Waals surface area (Å²) in [6.07, 6.45) is 0. The number of amides is 1. The molecule has 6 heteroatoms. The van der Waals surface area contributed by atoms with Crippen molar-refractivity contribution in [1.29, 1.82) is 0 Å². The molecule has 0 aliphatic carbocycles. The zero-order valence-electron chi connectivity index (χ0n) is 15.1. The van der Waals surface area contributed by atoms with Gasteiger partial charge in [0.25, 0.3) is 0 Å². The minimum atomic E-state index is 0.0746. The maximum absolute atomic E-state index is 12.0. The third kappa shape index (κ3) is 4.77. The van der Waals surface area contributed by atoms with Gasteiger partial charge in [-0.2, -0.15) is 16.4 Å². The molecule has 0 saturated carbocycles. The van der Waals surface area contributed by atoms with Gasteiger partial charge in [0.15, 0.2) is 0 Å². The van der Waals surface area contributed by atoms with Crippen LogP contribution in [0.4, 0.5) is 0 Å². The van der Waals surface area contributed by atoms with Crippen LogP contribution in [0.15, 0.2) is 47.2 Å². The minimum Gasteiger partial charge on any atom is -0.354 e. The molecule has 0 atom stereocenters. The Morgan fingerprint density at radius 1 is 1.23 bits per heavy atom. The first-order valence-electron chi connectivity index (χ1n) is 8.60. The van der Waals surface area contributed by atoms with Gasteiger partial charge in [0.1, 0.15) is 0 Å². The number of thiophene rings is 1. The monoisotopic (exact) mass is 385 g/mol. The van der Waals surface area contributed by atoms with Crippen molar-refractivity contribution in [1.82, 2.24) is 15.1 Å². The second kappa shape index (κ2) is 9.05. The minimum absolute atomic E-state index is 0.0746. The Bertz CT molecular complexity index is 842. The lowest BCUT2D eigenvalue weighted by atomic mass is 10.1. The highest BCUT2D eigenvalue weighted by atomic mass is 32.2. The van der Waals surface area contributed by atoms with Crippen molar-refractivity contribution < 1.29 is 4.79 Å². The van der Waals surface area contributed by atoms with Crippen LogP contribution in [0.3, 0.4) is 0 Å². The molecule has 0 aliphatic heterocycles. The molecule has 0 unspecified atom stereocenters. The van der Waals surface area contributed by atoms with Gasteiger partial charge in [-0.3, -0.25) is 9.48 Å². The molecule has 26 heavy (non-hydrogen) atoms. The quantitative estimate of drug-likeness (QED) is 0.630. The van der Waals surface area contributed by atoms with Gasteiger partial charge in [0.2, 0.25) is 5.91 Å². The summed E-state index contributed by atoms with van der Waals surface area (Å²) < 4.78 is 1.99. The summed E-state index contributed by atoms with van der Waals surface area (Å²) in [6.45, 7) is 5.40. The summed E-state index contributed by atoms with van der Waals surface area (Å²) in [6, 6.07) is 12.3. The third-order valence-corrected chi connectivity index (χ3v) is 5.87. The fraction of sp³-hybridized carbons (Fsp3) is 0.300. The molecule has 2 aromatic heterocycles. The topological polar surface area (TPSA) is 46.9 Å². The Morgan fingerprint density at radius 3 is 2.77 bits per heavy atom. The van der Waals surface area contributed by atoms with E-state index in [-0.39, 0.29) is 5.91 Å². The first-order chi connectivity index (χ1) is 12.6. The number of thioether (sulfide) groups is 1. The zero-order chi connectivity index (χ0) is 18.4. The van der Waals surface area contributed by atoms with E-state index >= 15 is 0 Å². The van der Waals surface area contributed by atoms with E-state index in [1.165, 1.54) is 16.7 Å². The summed E-state index contributed by atoms with van der Waals surface area (Å²) in [5.41, 5.74) is 5.85. The molecule has 3 rings (SSSR count). The van der Waals surface area contributed by atoms with Crippen molar-refractivity contribution in [3.63, 3.8) is 0 Å². The number of nitrogens with zero attached hydrogens (tertiary/aromatic N) is 2. The maximum atomic E-state index is 12.0. The number of carbonyl (C=O) groups is 1. The van der Waals surface area contributed by atoms with Crippen molar-refractivity contribution in [3.8, 4) is 11.1 Å². The lowest BCUT2D eigenvalue weighted by molar-refractivity contribution is -0.118. The second-order valence-corrected chi connectivity index (χ2v) is 7.87. The highest BCUT2D eigenvalue weighted by Gasteiger charge is 2.13. The summed E-state index contributed by atoms with van der Waals surface area (Å²) in [7, 11) is 0. The van der Waals surface area contributed by atoms with E-state index in [2.05, 4.69) is 46.3 Å². The van der Waals surface area contributed by atoms with Gasteiger partial charge in [-0.1, -0.05) is 30.3 Å². The van der Waals surface area contributed by atoms with E-state index in [0.29, 0.717) is 18.8 Å². The van der Waals surface area contributed by atoms with Crippen molar-refractivity contribution in [3.05, 3.63) is 64.1 Å². The lowest BCUT2D eigenvalue weighted by Gasteiger charge is -2.07. The summed E-state index contributed by atoms with van der Waals surface area (Å²) in [5, 5.41) is 11.8. The standard InChI is InChI=1S/C20H23N3OS2/c1-15-20(18-8-11-25-13-18)16(2)23(22-15)10-9-21-19(24)14-26-12-17-6-4-3-5-7-17/h3-8,11,13H,9-10,12,14H2,1-2H3,(H,21,24). The molecule has 136 valence electrons. The third-order valence-electron chi connectivity index (χ3n) is 4.18. The van der Waals surface area contributed by atoms with E-state index < -0.39 is 0 Å². The average molecular weight is 386 g/mol. The molecule has 2 heterocycles. The van der Waals surface area contributed by atoms with Gasteiger partial charge in [-0.05, 0) is 41.8 Å². The molecule has 0 spiro atoms. The molecule has 0 bridgehead atoms. The molecular formula is C20H23N3OS2. The van der Waals surface area contributed by atoms with Crippen LogP contribution in [0.25, 0.3) is 11.1 Å². The zero-order valence-corrected chi connectivity index (χ0v) is 16.7. The van der Waals surface area contributed by atoms with Crippen molar-refractivity contribution >= 4 is 29.0 Å². The van der Waals surface area contributed by atoms with Crippen LogP contribution in [-0.4, -0.2) is 28.0 Å². The summed E-state index contributed by atoms with van der Waals surface area (Å²) in [5.74, 6) is 1.41. The van der Waals surface area contributed by atoms with E-state index in [4.69, 9.17) is 0 Å². The first-order valence-corrected chi connectivity index (χ1v) is 10.7. The number of hydrogen-bond donors (Lipinski definition) is 1. The van der Waals surface area contributed by atoms with Gasteiger partial charge in [-0.25, -0.2) is 0 Å². The molecule has 4 nitrogen and oxygen atoms in total. The number of carbonyl (C=O) groups excluding carboxylic acids is 1. The van der Waals surface area contributed by atoms with Crippen LogP contribution < -0.4 is 5.32 Å². The molecule has 1 N–H and O–H groups in total. The van der Waals surface area contributed by atoms with E-state index in [1.807, 2.05) is 29.8 Å². The number of aromatic nitrogens is 2. The second-order valence-electron chi connectivity index (χ2n) is 6.11. The maximum Gasteiger partial charge on any atom is 0.230 e. The van der Waals surface area contributed by atoms with Crippen molar-refractivity contribution in [2.75, 3.05) is 12.3 Å². The smallest absolute Gasteiger partial charge is 0.230 e. The average Bonchev–Trinajstić information content (AvgIpc) is 3.24. The molecule has 1 aromatic carbocycles. The molecule has 0 radical (unpaired) electrons. The largest absolute Gasteiger partial charge is 0.354 e. The van der Waals surface area contributed by atoms with Gasteiger partial charge in [-0.15, -0.1) is 11.8 Å². The Hall–Kier alpha value is -2.05. The number of aryl methyl sites for hydroxylation is 1. The van der Waals surface area contributed by atoms with E-state index in [1.54, 1.807) is 23.1 Å². The number of benzene rings is 1. The van der Waals surface area contributed by atoms with Crippen LogP contribution >= 0.6 is 23.1 Å². The number of nitrogens with one attached hydrogen (secondary N) is 1. The van der Waals surface area contributed by atoms with Crippen molar-refractivity contribution in [2.24, 2.45) is 0 Å². The Kier molecular flexibility index (Phi) is 6.52. The highest BCUT2D eigenvalue weighted by Crippen LogP contribution is 2.28. The van der Waals surface area contributed by atoms with Crippen LogP contribution in [0.5, 0.6) is 0 Å². The van der Waals surface area contributed by atoms with Gasteiger partial charge in [0.05, 0.1) is 18.0 Å². The Balaban J connectivity index is 1.45. The molecule has 1 amide bonds. The molecule has 0 aliphatic rings. The highest BCUT2D eigenvalue weighted by molar-refractivity contribution is 7.99. The fourth-order valence-electron chi connectivity index (χ4n) is 2.93. The van der Waals surface area contributed by atoms with E-state index in [9.17, 15) is 4.79 Å². The molecule has 0 fully saturated rings. The van der Waals surface area contributed by atoms with Crippen LogP contribution in [0.1, 0.15) is 17.0 Å². The normalized spacial score (nSPS) is 10.8. The predicted molar refractivity (Wildman–Crippen MR) is 111 cm³/mol. The van der Waals surface area contributed by atoms with E-state index in [0.717, 1.165) is 17.1 Å². The van der Waals surface area contributed by atoms with Crippen LogP contribution in [0, 0.1) is 13.8 Å². The van der Waals surface area contributed by atoms with Gasteiger partial charge >= 0.3 is 0 Å². The Morgan fingerprint density at radius 2 is 2.04 bits per heavy atom. The predicted octanol–water partition coefficient (Wildman–Crippen LogP) is 4.28. The van der Waals surface area contributed by atoms with Gasteiger partial charge < -0.3 is 5.32 Å². The SMILES string of the molecule is Cc1nn(CCNC(=O)CSCc2ccccc2)c(C)c1-c1ccsc1. The van der Waals surface area contributed by atoms with Crippen LogP contribution in [-0.2, 0) is 17.1 Å². The summed E-state index contributed by atoms with van der Waals surface area (Å²) in [4.78, 5) is 12.0. The number of hydrogen-bond acceptors (Lipinski definition) is 4.